The number of nitrogen functional groups attached to an aromatic ring is 1. The lowest BCUT2D eigenvalue weighted by molar-refractivity contribution is 0.965. The fraction of sp³-hybridized carbons (Fsp3) is 0.200. The average Bonchev–Trinajstić information content (AvgIpc) is 2.16. The number of rotatable bonds is 1. The van der Waals surface area contributed by atoms with Gasteiger partial charge in [-0.3, -0.25) is 0 Å². The summed E-state index contributed by atoms with van der Waals surface area (Å²) in [5, 5.41) is 0.908. The first-order valence-corrected chi connectivity index (χ1v) is 5.21. The summed E-state index contributed by atoms with van der Waals surface area (Å²) in [5.74, 6) is 1.34. The summed E-state index contributed by atoms with van der Waals surface area (Å²) in [4.78, 5) is 8.60. The average molecular weight is 252 g/mol. The molecule has 0 saturated heterocycles. The van der Waals surface area contributed by atoms with Crippen molar-refractivity contribution in [3.8, 4) is 0 Å². The highest BCUT2D eigenvalue weighted by molar-refractivity contribution is 9.10. The van der Waals surface area contributed by atoms with Crippen LogP contribution >= 0.6 is 15.9 Å². The molecule has 3 nitrogen and oxygen atoms in total. The van der Waals surface area contributed by atoms with Gasteiger partial charge in [0, 0.05) is 16.3 Å². The topological polar surface area (TPSA) is 51.8 Å². The predicted molar refractivity (Wildman–Crippen MR) is 61.0 cm³/mol. The van der Waals surface area contributed by atoms with Crippen LogP contribution in [0.5, 0.6) is 0 Å². The van der Waals surface area contributed by atoms with Gasteiger partial charge in [0.25, 0.3) is 0 Å². The van der Waals surface area contributed by atoms with Crippen molar-refractivity contribution in [2.75, 3.05) is 5.73 Å². The lowest BCUT2D eigenvalue weighted by Gasteiger charge is -2.03. The van der Waals surface area contributed by atoms with Crippen LogP contribution in [-0.2, 0) is 6.42 Å². The van der Waals surface area contributed by atoms with Gasteiger partial charge >= 0.3 is 0 Å². The van der Waals surface area contributed by atoms with E-state index in [9.17, 15) is 0 Å². The molecule has 1 aromatic heterocycles. The number of nitrogens with two attached hydrogens (primary N) is 1. The Kier molecular flexibility index (Phi) is 2.37. The summed E-state index contributed by atoms with van der Waals surface area (Å²) in [6.45, 7) is 2.01. The highest BCUT2D eigenvalue weighted by Crippen LogP contribution is 2.21. The fourth-order valence-electron chi connectivity index (χ4n) is 1.34. The van der Waals surface area contributed by atoms with E-state index in [4.69, 9.17) is 5.73 Å². The Morgan fingerprint density at radius 1 is 1.36 bits per heavy atom. The molecule has 0 fully saturated rings. The van der Waals surface area contributed by atoms with E-state index in [2.05, 4.69) is 25.9 Å². The second-order valence-corrected chi connectivity index (χ2v) is 3.96. The van der Waals surface area contributed by atoms with Gasteiger partial charge in [0.2, 0.25) is 0 Å². The number of fused-ring (bicyclic) bond motifs is 1. The lowest BCUT2D eigenvalue weighted by Crippen LogP contribution is -1.99. The van der Waals surface area contributed by atoms with Crippen molar-refractivity contribution in [3.63, 3.8) is 0 Å². The highest BCUT2D eigenvalue weighted by Gasteiger charge is 2.03. The molecule has 2 N–H and O–H groups in total. The highest BCUT2D eigenvalue weighted by atomic mass is 79.9. The Morgan fingerprint density at radius 3 is 2.86 bits per heavy atom. The molecule has 0 bridgehead atoms. The maximum absolute atomic E-state index is 5.82. The Morgan fingerprint density at radius 2 is 2.14 bits per heavy atom. The van der Waals surface area contributed by atoms with Crippen LogP contribution in [0.3, 0.4) is 0 Å². The van der Waals surface area contributed by atoms with Crippen molar-refractivity contribution in [3.05, 3.63) is 28.5 Å². The van der Waals surface area contributed by atoms with Crippen LogP contribution in [0.15, 0.2) is 22.7 Å². The number of halogens is 1. The molecule has 14 heavy (non-hydrogen) atoms. The third-order valence-corrected chi connectivity index (χ3v) is 2.54. The van der Waals surface area contributed by atoms with Gasteiger partial charge in [-0.15, -0.1) is 0 Å². The second-order valence-electron chi connectivity index (χ2n) is 3.04. The number of hydrogen-bond donors (Lipinski definition) is 1. The summed E-state index contributed by atoms with van der Waals surface area (Å²) in [6.07, 6.45) is 0.798. The first-order valence-electron chi connectivity index (χ1n) is 4.42. The minimum atomic E-state index is 0.555. The van der Waals surface area contributed by atoms with Gasteiger partial charge in [0.1, 0.15) is 11.6 Å². The van der Waals surface area contributed by atoms with Crippen LogP contribution in [0.4, 0.5) is 5.82 Å². The molecule has 2 rings (SSSR count). The van der Waals surface area contributed by atoms with Crippen molar-refractivity contribution in [2.24, 2.45) is 0 Å². The van der Waals surface area contributed by atoms with E-state index in [1.165, 1.54) is 0 Å². The lowest BCUT2D eigenvalue weighted by atomic mass is 10.2. The largest absolute Gasteiger partial charge is 0.383 e. The summed E-state index contributed by atoms with van der Waals surface area (Å²) < 4.78 is 1.00. The molecule has 1 heterocycles. The van der Waals surface area contributed by atoms with E-state index < -0.39 is 0 Å². The zero-order valence-corrected chi connectivity index (χ0v) is 9.37. The molecule has 4 heteroatoms. The molecule has 2 aromatic rings. The Labute approximate surface area is 90.5 Å². The normalized spacial score (nSPS) is 10.7. The maximum atomic E-state index is 5.82. The zero-order valence-electron chi connectivity index (χ0n) is 7.79. The molecule has 0 atom stereocenters. The zero-order chi connectivity index (χ0) is 10.1. The van der Waals surface area contributed by atoms with Crippen LogP contribution in [0.1, 0.15) is 12.7 Å². The minimum absolute atomic E-state index is 0.555. The van der Waals surface area contributed by atoms with Gasteiger partial charge in [-0.25, -0.2) is 9.97 Å². The first kappa shape index (κ1) is 9.40. The molecular weight excluding hydrogens is 242 g/mol. The van der Waals surface area contributed by atoms with Gasteiger partial charge in [0.05, 0.1) is 5.52 Å². The summed E-state index contributed by atoms with van der Waals surface area (Å²) in [6, 6.07) is 5.81. The number of aryl methyl sites for hydroxylation is 1. The third-order valence-electron chi connectivity index (χ3n) is 2.05. The number of aromatic nitrogens is 2. The monoisotopic (exact) mass is 251 g/mol. The van der Waals surface area contributed by atoms with Crippen LogP contribution < -0.4 is 5.73 Å². The van der Waals surface area contributed by atoms with Crippen molar-refractivity contribution in [2.45, 2.75) is 13.3 Å². The number of nitrogens with zero attached hydrogens (tertiary/aromatic N) is 2. The van der Waals surface area contributed by atoms with Gasteiger partial charge in [-0.1, -0.05) is 22.9 Å². The molecule has 0 saturated carbocycles. The summed E-state index contributed by atoms with van der Waals surface area (Å²) >= 11 is 3.40. The molecule has 1 aromatic carbocycles. The standard InChI is InChI=1S/C10H10BrN3/c1-2-9-13-8-5-6(11)3-4-7(8)10(12)14-9/h3-5H,2H2,1H3,(H2,12,13,14). The van der Waals surface area contributed by atoms with E-state index in [1.807, 2.05) is 25.1 Å². The van der Waals surface area contributed by atoms with E-state index in [0.717, 1.165) is 27.6 Å². The molecule has 0 amide bonds. The van der Waals surface area contributed by atoms with Crippen molar-refractivity contribution < 1.29 is 0 Å². The van der Waals surface area contributed by atoms with E-state index in [1.54, 1.807) is 0 Å². The van der Waals surface area contributed by atoms with E-state index >= 15 is 0 Å². The predicted octanol–water partition coefficient (Wildman–Crippen LogP) is 2.54. The third kappa shape index (κ3) is 1.57. The summed E-state index contributed by atoms with van der Waals surface area (Å²) in [7, 11) is 0. The smallest absolute Gasteiger partial charge is 0.135 e. The maximum Gasteiger partial charge on any atom is 0.135 e. The fourth-order valence-corrected chi connectivity index (χ4v) is 1.68. The van der Waals surface area contributed by atoms with E-state index in [-0.39, 0.29) is 0 Å². The van der Waals surface area contributed by atoms with Crippen molar-refractivity contribution in [1.82, 2.24) is 9.97 Å². The van der Waals surface area contributed by atoms with E-state index in [0.29, 0.717) is 5.82 Å². The van der Waals surface area contributed by atoms with Gasteiger partial charge in [-0.2, -0.15) is 0 Å². The van der Waals surface area contributed by atoms with Gasteiger partial charge in [0.15, 0.2) is 0 Å². The second kappa shape index (κ2) is 3.53. The van der Waals surface area contributed by atoms with Gasteiger partial charge < -0.3 is 5.73 Å². The number of anilines is 1. The SMILES string of the molecule is CCc1nc(N)c2ccc(Br)cc2n1. The number of benzene rings is 1. The van der Waals surface area contributed by atoms with Gasteiger partial charge in [-0.05, 0) is 18.2 Å². The van der Waals surface area contributed by atoms with Crippen LogP contribution in [0, 0.1) is 0 Å². The molecular formula is C10H10BrN3. The van der Waals surface area contributed by atoms with Crippen molar-refractivity contribution in [1.29, 1.82) is 0 Å². The Hall–Kier alpha value is -1.16. The van der Waals surface area contributed by atoms with Crippen LogP contribution in [0.25, 0.3) is 10.9 Å². The number of hydrogen-bond acceptors (Lipinski definition) is 3. The quantitative estimate of drug-likeness (QED) is 0.848. The molecule has 0 spiro atoms. The summed E-state index contributed by atoms with van der Waals surface area (Å²) in [5.41, 5.74) is 6.71. The molecule has 0 unspecified atom stereocenters. The minimum Gasteiger partial charge on any atom is -0.383 e. The molecule has 0 radical (unpaired) electrons. The Bertz CT molecular complexity index is 482. The molecule has 0 aliphatic heterocycles. The Balaban J connectivity index is 2.77. The molecule has 0 aliphatic rings. The molecule has 72 valence electrons. The van der Waals surface area contributed by atoms with Crippen LogP contribution in [-0.4, -0.2) is 9.97 Å². The first-order chi connectivity index (χ1) is 6.70. The van der Waals surface area contributed by atoms with Crippen LogP contribution in [0.2, 0.25) is 0 Å². The molecule has 0 aliphatic carbocycles. The van der Waals surface area contributed by atoms with Crippen molar-refractivity contribution >= 4 is 32.7 Å².